The summed E-state index contributed by atoms with van der Waals surface area (Å²) in [5.74, 6) is 1.00. The van der Waals surface area contributed by atoms with Crippen LogP contribution in [-0.2, 0) is 4.79 Å². The number of carbonyl (C=O) groups is 2. The van der Waals surface area contributed by atoms with Crippen molar-refractivity contribution in [3.05, 3.63) is 90.6 Å². The fraction of sp³-hybridized carbons (Fsp3) is 0.0435. The van der Waals surface area contributed by atoms with Crippen LogP contribution in [0.2, 0.25) is 0 Å². The van der Waals surface area contributed by atoms with E-state index >= 15 is 0 Å². The minimum absolute atomic E-state index is 0.243. The second-order valence-corrected chi connectivity index (χ2v) is 6.43. The number of H-pyrrole nitrogens is 1. The van der Waals surface area contributed by atoms with Crippen LogP contribution in [0.4, 0.5) is 0 Å². The summed E-state index contributed by atoms with van der Waals surface area (Å²) in [5, 5.41) is 0.776. The highest BCUT2D eigenvalue weighted by Crippen LogP contribution is 2.23. The van der Waals surface area contributed by atoms with E-state index in [1.54, 1.807) is 30.5 Å². The summed E-state index contributed by atoms with van der Waals surface area (Å²) in [6.07, 6.45) is 1.60. The van der Waals surface area contributed by atoms with Crippen molar-refractivity contribution >= 4 is 22.7 Å². The normalized spacial score (nSPS) is 10.4. The number of fused-ring (bicyclic) bond motifs is 1. The molecular weight excluding hydrogens is 382 g/mol. The van der Waals surface area contributed by atoms with Crippen molar-refractivity contribution in [1.29, 1.82) is 0 Å². The summed E-state index contributed by atoms with van der Waals surface area (Å²) in [6, 6.07) is 23.7. The average Bonchev–Trinajstić information content (AvgIpc) is 3.22. The molecule has 7 heteroatoms. The van der Waals surface area contributed by atoms with Gasteiger partial charge in [0.2, 0.25) is 0 Å². The summed E-state index contributed by atoms with van der Waals surface area (Å²) in [6.45, 7) is -0.243. The number of benzene rings is 3. The molecule has 1 aromatic heterocycles. The van der Waals surface area contributed by atoms with Crippen LogP contribution < -0.4 is 20.3 Å². The van der Waals surface area contributed by atoms with Crippen molar-refractivity contribution in [2.75, 3.05) is 6.61 Å². The molecule has 0 atom stereocenters. The molecule has 30 heavy (non-hydrogen) atoms. The smallest absolute Gasteiger partial charge is 0.276 e. The molecule has 0 saturated carbocycles. The van der Waals surface area contributed by atoms with Crippen molar-refractivity contribution in [3.8, 4) is 17.2 Å². The molecule has 0 aliphatic heterocycles. The quantitative estimate of drug-likeness (QED) is 0.429. The molecule has 0 saturated heterocycles. The molecule has 0 aliphatic rings. The van der Waals surface area contributed by atoms with Gasteiger partial charge in [-0.3, -0.25) is 20.4 Å². The molecule has 0 radical (unpaired) electrons. The number of hydrogen-bond donors (Lipinski definition) is 3. The highest BCUT2D eigenvalue weighted by molar-refractivity contribution is 6.07. The lowest BCUT2D eigenvalue weighted by atomic mass is 10.2. The lowest BCUT2D eigenvalue weighted by Crippen LogP contribution is -2.43. The minimum atomic E-state index is -0.479. The standard InChI is InChI=1S/C23H19N3O4/c27-22(25-26-23(28)20-14-24-21-9-5-4-8-19(20)21)15-29-16-10-12-18(13-11-16)30-17-6-2-1-3-7-17/h1-14,24H,15H2,(H,25,27)(H,26,28). The summed E-state index contributed by atoms with van der Waals surface area (Å²) >= 11 is 0. The van der Waals surface area contributed by atoms with E-state index in [9.17, 15) is 9.59 Å². The Bertz CT molecular complexity index is 1150. The number of aromatic nitrogens is 1. The number of amides is 2. The molecule has 0 aliphatic carbocycles. The van der Waals surface area contributed by atoms with Crippen LogP contribution in [0.5, 0.6) is 17.2 Å². The molecule has 1 heterocycles. The molecule has 0 spiro atoms. The molecule has 3 aromatic carbocycles. The third-order valence-corrected chi connectivity index (χ3v) is 4.32. The van der Waals surface area contributed by atoms with E-state index in [1.807, 2.05) is 54.6 Å². The van der Waals surface area contributed by atoms with Gasteiger partial charge in [0.25, 0.3) is 11.8 Å². The molecule has 0 bridgehead atoms. The first-order valence-corrected chi connectivity index (χ1v) is 9.30. The van der Waals surface area contributed by atoms with Gasteiger partial charge in [-0.25, -0.2) is 0 Å². The first-order valence-electron chi connectivity index (χ1n) is 9.30. The van der Waals surface area contributed by atoms with Crippen molar-refractivity contribution in [1.82, 2.24) is 15.8 Å². The number of aromatic amines is 1. The Hall–Kier alpha value is -4.26. The third kappa shape index (κ3) is 4.59. The van der Waals surface area contributed by atoms with Gasteiger partial charge in [-0.05, 0) is 42.5 Å². The van der Waals surface area contributed by atoms with Gasteiger partial charge in [0.1, 0.15) is 17.2 Å². The fourth-order valence-electron chi connectivity index (χ4n) is 2.87. The highest BCUT2D eigenvalue weighted by Gasteiger charge is 2.12. The Kier molecular flexibility index (Phi) is 5.61. The zero-order valence-electron chi connectivity index (χ0n) is 15.9. The van der Waals surface area contributed by atoms with E-state index in [1.165, 1.54) is 0 Å². The molecule has 4 rings (SSSR count). The first-order chi connectivity index (χ1) is 14.7. The minimum Gasteiger partial charge on any atom is -0.484 e. The monoisotopic (exact) mass is 401 g/mol. The molecule has 7 nitrogen and oxygen atoms in total. The number of hydrogen-bond acceptors (Lipinski definition) is 4. The van der Waals surface area contributed by atoms with Crippen LogP contribution in [0, 0.1) is 0 Å². The number of ether oxygens (including phenoxy) is 2. The maximum Gasteiger partial charge on any atom is 0.276 e. The number of para-hydroxylation sites is 2. The third-order valence-electron chi connectivity index (χ3n) is 4.32. The van der Waals surface area contributed by atoms with Gasteiger partial charge >= 0.3 is 0 Å². The van der Waals surface area contributed by atoms with Crippen molar-refractivity contribution in [2.45, 2.75) is 0 Å². The van der Waals surface area contributed by atoms with Crippen LogP contribution in [0.1, 0.15) is 10.4 Å². The van der Waals surface area contributed by atoms with E-state index in [2.05, 4.69) is 15.8 Å². The van der Waals surface area contributed by atoms with E-state index in [0.717, 1.165) is 16.7 Å². The SMILES string of the molecule is O=C(COc1ccc(Oc2ccccc2)cc1)NNC(=O)c1c[nH]c2ccccc12. The lowest BCUT2D eigenvalue weighted by molar-refractivity contribution is -0.123. The van der Waals surface area contributed by atoms with Crippen LogP contribution in [-0.4, -0.2) is 23.4 Å². The molecule has 3 N–H and O–H groups in total. The molecule has 0 unspecified atom stereocenters. The molecule has 150 valence electrons. The van der Waals surface area contributed by atoms with Gasteiger partial charge in [0.05, 0.1) is 5.56 Å². The highest BCUT2D eigenvalue weighted by atomic mass is 16.5. The Balaban J connectivity index is 1.25. The van der Waals surface area contributed by atoms with Gasteiger partial charge in [0.15, 0.2) is 6.61 Å². The Morgan fingerprint density at radius 2 is 1.43 bits per heavy atom. The van der Waals surface area contributed by atoms with Gasteiger partial charge in [-0.2, -0.15) is 0 Å². The summed E-state index contributed by atoms with van der Waals surface area (Å²) in [5.41, 5.74) is 6.03. The van der Waals surface area contributed by atoms with Crippen molar-refractivity contribution in [3.63, 3.8) is 0 Å². The number of hydrazine groups is 1. The number of rotatable bonds is 6. The Labute approximate surface area is 172 Å². The predicted molar refractivity (Wildman–Crippen MR) is 112 cm³/mol. The molecule has 2 amide bonds. The van der Waals surface area contributed by atoms with E-state index in [-0.39, 0.29) is 6.61 Å². The molecule has 0 fully saturated rings. The van der Waals surface area contributed by atoms with Gasteiger partial charge < -0.3 is 14.5 Å². The molecule has 4 aromatic rings. The fourth-order valence-corrected chi connectivity index (χ4v) is 2.87. The summed E-state index contributed by atoms with van der Waals surface area (Å²) < 4.78 is 11.1. The van der Waals surface area contributed by atoms with Gasteiger partial charge in [-0.15, -0.1) is 0 Å². The average molecular weight is 401 g/mol. The van der Waals surface area contributed by atoms with Crippen LogP contribution >= 0.6 is 0 Å². The Morgan fingerprint density at radius 3 is 2.23 bits per heavy atom. The zero-order chi connectivity index (χ0) is 20.8. The van der Waals surface area contributed by atoms with Crippen LogP contribution in [0.15, 0.2) is 85.1 Å². The van der Waals surface area contributed by atoms with Crippen LogP contribution in [0.3, 0.4) is 0 Å². The predicted octanol–water partition coefficient (Wildman–Crippen LogP) is 3.80. The largest absolute Gasteiger partial charge is 0.484 e. The topological polar surface area (TPSA) is 92.4 Å². The van der Waals surface area contributed by atoms with Crippen LogP contribution in [0.25, 0.3) is 10.9 Å². The Morgan fingerprint density at radius 1 is 0.767 bits per heavy atom. The van der Waals surface area contributed by atoms with Crippen molar-refractivity contribution < 1.29 is 19.1 Å². The summed E-state index contributed by atoms with van der Waals surface area (Å²) in [4.78, 5) is 27.3. The number of carbonyl (C=O) groups excluding carboxylic acids is 2. The maximum absolute atomic E-state index is 12.3. The lowest BCUT2D eigenvalue weighted by Gasteiger charge is -2.09. The molecular formula is C23H19N3O4. The van der Waals surface area contributed by atoms with E-state index < -0.39 is 11.8 Å². The van der Waals surface area contributed by atoms with E-state index in [0.29, 0.717) is 17.1 Å². The second kappa shape index (κ2) is 8.83. The van der Waals surface area contributed by atoms with Gasteiger partial charge in [-0.1, -0.05) is 36.4 Å². The van der Waals surface area contributed by atoms with E-state index in [4.69, 9.17) is 9.47 Å². The van der Waals surface area contributed by atoms with Crippen molar-refractivity contribution in [2.24, 2.45) is 0 Å². The number of nitrogens with one attached hydrogen (secondary N) is 3. The first kappa shape index (κ1) is 19.1. The maximum atomic E-state index is 12.3. The zero-order valence-corrected chi connectivity index (χ0v) is 15.9. The van der Waals surface area contributed by atoms with Gasteiger partial charge in [0, 0.05) is 17.1 Å². The summed E-state index contributed by atoms with van der Waals surface area (Å²) in [7, 11) is 0. The second-order valence-electron chi connectivity index (χ2n) is 6.43.